The topological polar surface area (TPSA) is 87.6 Å². The van der Waals surface area contributed by atoms with E-state index in [4.69, 9.17) is 0 Å². The van der Waals surface area contributed by atoms with Crippen molar-refractivity contribution in [3.8, 4) is 0 Å². The van der Waals surface area contributed by atoms with Crippen LogP contribution < -0.4 is 0 Å². The average Bonchev–Trinajstić information content (AvgIpc) is 2.53. The van der Waals surface area contributed by atoms with Crippen molar-refractivity contribution < 1.29 is 18.3 Å². The first-order valence-electron chi connectivity index (χ1n) is 8.28. The van der Waals surface area contributed by atoms with Gasteiger partial charge in [-0.05, 0) is 57.0 Å². The molecule has 2 aromatic rings. The Morgan fingerprint density at radius 1 is 1.19 bits per heavy atom. The molecule has 0 aliphatic rings. The molecule has 0 radical (unpaired) electrons. The number of aliphatic hydroxyl groups excluding tert-OH is 1. The van der Waals surface area contributed by atoms with Crippen LogP contribution in [0.4, 0.5) is 0 Å². The molecular weight excluding hydrogens is 352 g/mol. The Hall–Kier alpha value is -2.09. The fraction of sp³-hybridized carbons (Fsp3) is 0.368. The molecule has 6 nitrogen and oxygen atoms in total. The summed E-state index contributed by atoms with van der Waals surface area (Å²) in [5.74, 6) is -0.295. The third kappa shape index (κ3) is 4.75. The van der Waals surface area contributed by atoms with E-state index < -0.39 is 16.1 Å². The fourth-order valence-corrected chi connectivity index (χ4v) is 4.47. The summed E-state index contributed by atoms with van der Waals surface area (Å²) < 4.78 is 27.2. The van der Waals surface area contributed by atoms with Crippen molar-refractivity contribution in [1.82, 2.24) is 9.29 Å². The van der Waals surface area contributed by atoms with E-state index in [1.165, 1.54) is 13.0 Å². The van der Waals surface area contributed by atoms with Crippen LogP contribution in [0.2, 0.25) is 0 Å². The summed E-state index contributed by atoms with van der Waals surface area (Å²) in [6.07, 6.45) is 0.499. The second-order valence-electron chi connectivity index (χ2n) is 6.51. The Bertz CT molecular complexity index is 910. The predicted molar refractivity (Wildman–Crippen MR) is 99.3 cm³/mol. The smallest absolute Gasteiger partial charge is 0.243 e. The Kier molecular flexibility index (Phi) is 6.28. The van der Waals surface area contributed by atoms with Crippen LogP contribution in [-0.2, 0) is 14.8 Å². The van der Waals surface area contributed by atoms with E-state index in [9.17, 15) is 18.3 Å². The van der Waals surface area contributed by atoms with Crippen LogP contribution in [0, 0.1) is 20.8 Å². The SMILES string of the molecule is CC(=O)CN(CC(O)c1ccnc(C)c1)S(=O)(=O)c1ccc(C)cc1C. The van der Waals surface area contributed by atoms with Gasteiger partial charge in [-0.2, -0.15) is 4.31 Å². The van der Waals surface area contributed by atoms with Gasteiger partial charge in [0.2, 0.25) is 10.0 Å². The minimum atomic E-state index is -3.92. The molecule has 1 unspecified atom stereocenters. The van der Waals surface area contributed by atoms with Gasteiger partial charge in [0, 0.05) is 18.4 Å². The molecule has 0 fully saturated rings. The second kappa shape index (κ2) is 8.07. The number of carbonyl (C=O) groups is 1. The zero-order valence-corrected chi connectivity index (χ0v) is 16.2. The van der Waals surface area contributed by atoms with Crippen molar-refractivity contribution in [2.24, 2.45) is 0 Å². The van der Waals surface area contributed by atoms with Crippen molar-refractivity contribution in [2.75, 3.05) is 13.1 Å². The lowest BCUT2D eigenvalue weighted by Gasteiger charge is -2.25. The monoisotopic (exact) mass is 376 g/mol. The molecule has 7 heteroatoms. The van der Waals surface area contributed by atoms with E-state index in [1.54, 1.807) is 44.3 Å². The number of hydrogen-bond donors (Lipinski definition) is 1. The van der Waals surface area contributed by atoms with Gasteiger partial charge in [-0.3, -0.25) is 9.78 Å². The van der Waals surface area contributed by atoms with E-state index in [0.29, 0.717) is 11.1 Å². The quantitative estimate of drug-likeness (QED) is 0.801. The summed E-state index contributed by atoms with van der Waals surface area (Å²) in [5.41, 5.74) is 2.83. The van der Waals surface area contributed by atoms with Gasteiger partial charge in [0.05, 0.1) is 17.5 Å². The first kappa shape index (κ1) is 20.2. The maximum atomic E-state index is 13.1. The summed E-state index contributed by atoms with van der Waals surface area (Å²) in [6, 6.07) is 8.36. The first-order chi connectivity index (χ1) is 12.1. The number of benzene rings is 1. The van der Waals surface area contributed by atoms with Crippen molar-refractivity contribution in [1.29, 1.82) is 0 Å². The number of carbonyl (C=O) groups excluding carboxylic acids is 1. The molecule has 26 heavy (non-hydrogen) atoms. The molecule has 1 atom stereocenters. The molecule has 0 spiro atoms. The molecule has 1 aromatic heterocycles. The Labute approximate surface area is 154 Å². The van der Waals surface area contributed by atoms with E-state index in [1.807, 2.05) is 6.92 Å². The molecule has 0 amide bonds. The molecule has 0 bridgehead atoms. The van der Waals surface area contributed by atoms with Gasteiger partial charge in [0.1, 0.15) is 5.78 Å². The van der Waals surface area contributed by atoms with Gasteiger partial charge < -0.3 is 5.11 Å². The van der Waals surface area contributed by atoms with Crippen LogP contribution in [-0.4, -0.2) is 41.7 Å². The normalized spacial score (nSPS) is 13.0. The molecular formula is C19H24N2O4S. The Morgan fingerprint density at radius 2 is 1.88 bits per heavy atom. The van der Waals surface area contributed by atoms with Gasteiger partial charge in [-0.25, -0.2) is 8.42 Å². The molecule has 0 saturated heterocycles. The Morgan fingerprint density at radius 3 is 2.46 bits per heavy atom. The maximum Gasteiger partial charge on any atom is 0.243 e. The number of rotatable bonds is 7. The van der Waals surface area contributed by atoms with Gasteiger partial charge >= 0.3 is 0 Å². The molecule has 1 heterocycles. The summed E-state index contributed by atoms with van der Waals surface area (Å²) in [7, 11) is -3.92. The number of nitrogens with zero attached hydrogens (tertiary/aromatic N) is 2. The predicted octanol–water partition coefficient (Wildman–Crippen LogP) is 2.32. The number of pyridine rings is 1. The molecule has 2 rings (SSSR count). The first-order valence-corrected chi connectivity index (χ1v) is 9.72. The highest BCUT2D eigenvalue weighted by Crippen LogP contribution is 2.24. The molecule has 1 N–H and O–H groups in total. The summed E-state index contributed by atoms with van der Waals surface area (Å²) in [6.45, 7) is 6.21. The van der Waals surface area contributed by atoms with Crippen LogP contribution in [0.5, 0.6) is 0 Å². The lowest BCUT2D eigenvalue weighted by molar-refractivity contribution is -0.117. The van der Waals surface area contributed by atoms with Crippen LogP contribution >= 0.6 is 0 Å². The average molecular weight is 376 g/mol. The zero-order chi connectivity index (χ0) is 19.5. The minimum absolute atomic E-state index is 0.141. The molecule has 140 valence electrons. The maximum absolute atomic E-state index is 13.1. The second-order valence-corrected chi connectivity index (χ2v) is 8.42. The number of aryl methyl sites for hydroxylation is 3. The molecule has 0 saturated carbocycles. The number of hydrogen-bond acceptors (Lipinski definition) is 5. The van der Waals surface area contributed by atoms with Gasteiger partial charge in [-0.1, -0.05) is 17.7 Å². The molecule has 1 aromatic carbocycles. The lowest BCUT2D eigenvalue weighted by atomic mass is 10.1. The van der Waals surface area contributed by atoms with E-state index >= 15 is 0 Å². The zero-order valence-electron chi connectivity index (χ0n) is 15.4. The third-order valence-corrected chi connectivity index (χ3v) is 6.00. The highest BCUT2D eigenvalue weighted by Gasteiger charge is 2.29. The summed E-state index contributed by atoms with van der Waals surface area (Å²) >= 11 is 0. The number of sulfonamides is 1. The number of aliphatic hydroxyl groups is 1. The van der Waals surface area contributed by atoms with Gasteiger partial charge in [0.25, 0.3) is 0 Å². The van der Waals surface area contributed by atoms with E-state index in [0.717, 1.165) is 15.6 Å². The lowest BCUT2D eigenvalue weighted by Crippen LogP contribution is -2.38. The highest BCUT2D eigenvalue weighted by molar-refractivity contribution is 7.89. The third-order valence-electron chi connectivity index (χ3n) is 4.03. The minimum Gasteiger partial charge on any atom is -0.387 e. The standard InChI is InChI=1S/C19H24N2O4S/c1-13-5-6-19(14(2)9-13)26(24,25)21(11-16(4)22)12-18(23)17-7-8-20-15(3)10-17/h5-10,18,23H,11-12H2,1-4H3. The van der Waals surface area contributed by atoms with Crippen molar-refractivity contribution in [2.45, 2.75) is 38.7 Å². The van der Waals surface area contributed by atoms with Gasteiger partial charge in [-0.15, -0.1) is 0 Å². The largest absolute Gasteiger partial charge is 0.387 e. The number of aromatic nitrogens is 1. The summed E-state index contributed by atoms with van der Waals surface area (Å²) in [4.78, 5) is 15.9. The Balaban J connectivity index is 2.38. The van der Waals surface area contributed by atoms with Crippen LogP contribution in [0.3, 0.4) is 0 Å². The van der Waals surface area contributed by atoms with Crippen LogP contribution in [0.25, 0.3) is 0 Å². The number of ketones is 1. The molecule has 0 aliphatic carbocycles. The highest BCUT2D eigenvalue weighted by atomic mass is 32.2. The number of Topliss-reactive ketones (excluding diaryl/α,β-unsaturated/α-hetero) is 1. The van der Waals surface area contributed by atoms with Gasteiger partial charge in [0.15, 0.2) is 0 Å². The van der Waals surface area contributed by atoms with Crippen molar-refractivity contribution in [3.05, 3.63) is 58.9 Å². The molecule has 0 aliphatic heterocycles. The van der Waals surface area contributed by atoms with Crippen LogP contribution in [0.1, 0.15) is 35.4 Å². The van der Waals surface area contributed by atoms with Crippen molar-refractivity contribution in [3.63, 3.8) is 0 Å². The van der Waals surface area contributed by atoms with E-state index in [-0.39, 0.29) is 23.8 Å². The van der Waals surface area contributed by atoms with E-state index in [2.05, 4.69) is 4.98 Å². The van der Waals surface area contributed by atoms with Crippen LogP contribution in [0.15, 0.2) is 41.4 Å². The summed E-state index contributed by atoms with van der Waals surface area (Å²) in [5, 5.41) is 10.5. The fourth-order valence-electron chi connectivity index (χ4n) is 2.80. The van der Waals surface area contributed by atoms with Crippen molar-refractivity contribution >= 4 is 15.8 Å².